The number of nitrogens with zero attached hydrogens (tertiary/aromatic N) is 1. The van der Waals surface area contributed by atoms with E-state index in [-0.39, 0.29) is 5.76 Å². The molecule has 1 aliphatic rings. The summed E-state index contributed by atoms with van der Waals surface area (Å²) in [5.74, 6) is 0.0912. The molecule has 0 aromatic heterocycles. The molecule has 1 fully saturated rings. The summed E-state index contributed by atoms with van der Waals surface area (Å²) < 4.78 is 5.31. The van der Waals surface area contributed by atoms with Crippen LogP contribution in [0.25, 0.3) is 11.5 Å². The molecule has 1 N–H and O–H groups in total. The van der Waals surface area contributed by atoms with Gasteiger partial charge in [-0.3, -0.25) is 0 Å². The van der Waals surface area contributed by atoms with Crippen LogP contribution in [0.3, 0.4) is 0 Å². The van der Waals surface area contributed by atoms with Crippen LogP contribution in [0.4, 0.5) is 0 Å². The molecule has 0 aliphatic carbocycles. The highest BCUT2D eigenvalue weighted by atomic mass is 16.5. The molecule has 2 rings (SSSR count). The van der Waals surface area contributed by atoms with Gasteiger partial charge in [-0.25, -0.2) is 0 Å². The Hall–Kier alpha value is -1.74. The van der Waals surface area contributed by atoms with Gasteiger partial charge in [0.2, 0.25) is 0 Å². The molecule has 1 saturated heterocycles. The largest absolute Gasteiger partial charge is 0.508 e. The zero-order valence-corrected chi connectivity index (χ0v) is 9.85. The van der Waals surface area contributed by atoms with Crippen molar-refractivity contribution in [3.63, 3.8) is 0 Å². The van der Waals surface area contributed by atoms with E-state index in [4.69, 9.17) is 4.74 Å². The Morgan fingerprint density at radius 3 is 2.12 bits per heavy atom. The van der Waals surface area contributed by atoms with Gasteiger partial charge in [0.1, 0.15) is 5.76 Å². The van der Waals surface area contributed by atoms with Crippen LogP contribution in [0.1, 0.15) is 11.1 Å². The molecule has 0 unspecified atom stereocenters. The van der Waals surface area contributed by atoms with Gasteiger partial charge < -0.3 is 14.7 Å². The Morgan fingerprint density at radius 1 is 1.06 bits per heavy atom. The van der Waals surface area contributed by atoms with Crippen LogP contribution in [-0.2, 0) is 4.74 Å². The zero-order valence-electron chi connectivity index (χ0n) is 9.85. The van der Waals surface area contributed by atoms with Gasteiger partial charge in [0.15, 0.2) is 0 Å². The van der Waals surface area contributed by atoms with E-state index in [1.807, 2.05) is 24.3 Å². The number of benzene rings is 1. The van der Waals surface area contributed by atoms with Gasteiger partial charge in [-0.05, 0) is 5.56 Å². The Labute approximate surface area is 102 Å². The summed E-state index contributed by atoms with van der Waals surface area (Å²) in [5.41, 5.74) is 2.81. The van der Waals surface area contributed by atoms with E-state index in [9.17, 15) is 5.11 Å². The Morgan fingerprint density at radius 2 is 1.59 bits per heavy atom. The van der Waals surface area contributed by atoms with Gasteiger partial charge in [0.05, 0.1) is 13.2 Å². The predicted octanol–water partition coefficient (Wildman–Crippen LogP) is 2.52. The third kappa shape index (κ3) is 2.68. The lowest BCUT2D eigenvalue weighted by Crippen LogP contribution is -2.34. The van der Waals surface area contributed by atoms with E-state index in [2.05, 4.69) is 18.1 Å². The normalized spacial score (nSPS) is 15.6. The molecule has 1 aliphatic heterocycles. The molecule has 0 spiro atoms. The SMILES string of the molecule is C=C(O)c1ccc(C(=C)N2CCOCC2)cc1. The van der Waals surface area contributed by atoms with E-state index >= 15 is 0 Å². The van der Waals surface area contributed by atoms with Crippen molar-refractivity contribution in [1.29, 1.82) is 0 Å². The summed E-state index contributed by atoms with van der Waals surface area (Å²) in [6.07, 6.45) is 0. The molecule has 0 bridgehead atoms. The Kier molecular flexibility index (Phi) is 3.49. The van der Waals surface area contributed by atoms with E-state index in [0.717, 1.165) is 43.1 Å². The first kappa shape index (κ1) is 11.7. The minimum absolute atomic E-state index is 0.0912. The van der Waals surface area contributed by atoms with Gasteiger partial charge >= 0.3 is 0 Å². The number of hydrogen-bond donors (Lipinski definition) is 1. The summed E-state index contributed by atoms with van der Waals surface area (Å²) in [6.45, 7) is 10.9. The van der Waals surface area contributed by atoms with E-state index in [1.165, 1.54) is 0 Å². The van der Waals surface area contributed by atoms with Crippen molar-refractivity contribution in [2.75, 3.05) is 26.3 Å². The molecule has 0 amide bonds. The van der Waals surface area contributed by atoms with Crippen molar-refractivity contribution in [3.8, 4) is 0 Å². The van der Waals surface area contributed by atoms with Gasteiger partial charge in [0.25, 0.3) is 0 Å². The third-order valence-corrected chi connectivity index (χ3v) is 2.94. The fraction of sp³-hybridized carbons (Fsp3) is 0.286. The molecular weight excluding hydrogens is 214 g/mol. The predicted molar refractivity (Wildman–Crippen MR) is 69.5 cm³/mol. The van der Waals surface area contributed by atoms with Crippen molar-refractivity contribution in [2.24, 2.45) is 0 Å². The maximum Gasteiger partial charge on any atom is 0.115 e. The van der Waals surface area contributed by atoms with E-state index in [0.29, 0.717) is 0 Å². The second-order valence-electron chi connectivity index (χ2n) is 4.07. The number of morpholine rings is 1. The topological polar surface area (TPSA) is 32.7 Å². The van der Waals surface area contributed by atoms with Crippen LogP contribution >= 0.6 is 0 Å². The lowest BCUT2D eigenvalue weighted by atomic mass is 10.1. The fourth-order valence-electron chi connectivity index (χ4n) is 1.87. The molecule has 0 radical (unpaired) electrons. The minimum Gasteiger partial charge on any atom is -0.508 e. The summed E-state index contributed by atoms with van der Waals surface area (Å²) in [6, 6.07) is 7.61. The number of rotatable bonds is 3. The van der Waals surface area contributed by atoms with Crippen LogP contribution in [0, 0.1) is 0 Å². The smallest absolute Gasteiger partial charge is 0.115 e. The van der Waals surface area contributed by atoms with Crippen molar-refractivity contribution in [2.45, 2.75) is 0 Å². The van der Waals surface area contributed by atoms with Crippen molar-refractivity contribution < 1.29 is 9.84 Å². The standard InChI is InChI=1S/C14H17NO2/c1-11(15-7-9-17-10-8-15)13-3-5-14(6-4-13)12(2)16/h3-6,16H,1-2,7-10H2. The van der Waals surface area contributed by atoms with E-state index < -0.39 is 0 Å². The molecule has 17 heavy (non-hydrogen) atoms. The lowest BCUT2D eigenvalue weighted by molar-refractivity contribution is 0.0641. The van der Waals surface area contributed by atoms with Crippen molar-refractivity contribution in [1.82, 2.24) is 4.90 Å². The quantitative estimate of drug-likeness (QED) is 0.811. The highest BCUT2D eigenvalue weighted by Gasteiger charge is 2.13. The third-order valence-electron chi connectivity index (χ3n) is 2.94. The molecule has 1 aromatic carbocycles. The number of hydrogen-bond acceptors (Lipinski definition) is 3. The average Bonchev–Trinajstić information content (AvgIpc) is 2.39. The van der Waals surface area contributed by atoms with Gasteiger partial charge in [-0.1, -0.05) is 37.4 Å². The monoisotopic (exact) mass is 231 g/mol. The minimum atomic E-state index is 0.0912. The van der Waals surface area contributed by atoms with Crippen molar-refractivity contribution in [3.05, 3.63) is 48.6 Å². The first-order valence-electron chi connectivity index (χ1n) is 5.69. The molecule has 90 valence electrons. The Bertz CT molecular complexity index is 416. The number of ether oxygens (including phenoxy) is 1. The van der Waals surface area contributed by atoms with Crippen LogP contribution in [0.15, 0.2) is 37.4 Å². The van der Waals surface area contributed by atoms with Crippen LogP contribution in [0.2, 0.25) is 0 Å². The van der Waals surface area contributed by atoms with Gasteiger partial charge in [-0.15, -0.1) is 0 Å². The second-order valence-corrected chi connectivity index (χ2v) is 4.07. The maximum atomic E-state index is 9.26. The Balaban J connectivity index is 2.10. The molecular formula is C14H17NO2. The number of aliphatic hydroxyl groups excluding tert-OH is 1. The van der Waals surface area contributed by atoms with Crippen molar-refractivity contribution >= 4 is 11.5 Å². The molecule has 0 atom stereocenters. The number of aliphatic hydroxyl groups is 1. The first-order chi connectivity index (χ1) is 8.18. The highest BCUT2D eigenvalue weighted by molar-refractivity contribution is 5.65. The maximum absolute atomic E-state index is 9.26. The summed E-state index contributed by atoms with van der Waals surface area (Å²) >= 11 is 0. The second kappa shape index (κ2) is 5.06. The summed E-state index contributed by atoms with van der Waals surface area (Å²) in [5, 5.41) is 9.26. The van der Waals surface area contributed by atoms with Crippen LogP contribution in [0.5, 0.6) is 0 Å². The van der Waals surface area contributed by atoms with Gasteiger partial charge in [-0.2, -0.15) is 0 Å². The molecule has 1 aromatic rings. The molecule has 3 nitrogen and oxygen atoms in total. The first-order valence-corrected chi connectivity index (χ1v) is 5.69. The summed E-state index contributed by atoms with van der Waals surface area (Å²) in [7, 11) is 0. The molecule has 3 heteroatoms. The van der Waals surface area contributed by atoms with Crippen LogP contribution in [-0.4, -0.2) is 36.3 Å². The molecule has 0 saturated carbocycles. The van der Waals surface area contributed by atoms with E-state index in [1.54, 1.807) is 0 Å². The lowest BCUT2D eigenvalue weighted by Gasteiger charge is -2.30. The fourth-order valence-corrected chi connectivity index (χ4v) is 1.87. The summed E-state index contributed by atoms with van der Waals surface area (Å²) in [4.78, 5) is 2.21. The highest BCUT2D eigenvalue weighted by Crippen LogP contribution is 2.20. The van der Waals surface area contributed by atoms with Crippen LogP contribution < -0.4 is 0 Å². The molecule has 1 heterocycles. The average molecular weight is 231 g/mol. The zero-order chi connectivity index (χ0) is 12.3. The van der Waals surface area contributed by atoms with Gasteiger partial charge in [0, 0.05) is 24.4 Å².